The minimum atomic E-state index is -0.519. The number of carbonyl (C=O) groups excluding carboxylic acids is 1. The van der Waals surface area contributed by atoms with Crippen molar-refractivity contribution in [1.29, 1.82) is 0 Å². The van der Waals surface area contributed by atoms with E-state index in [4.69, 9.17) is 9.47 Å². The van der Waals surface area contributed by atoms with Crippen molar-refractivity contribution >= 4 is 33.5 Å². The van der Waals surface area contributed by atoms with Crippen LogP contribution in [0.25, 0.3) is 10.9 Å². The van der Waals surface area contributed by atoms with Gasteiger partial charge >= 0.3 is 6.09 Å². The predicted molar refractivity (Wildman–Crippen MR) is 168 cm³/mol. The zero-order valence-electron chi connectivity index (χ0n) is 24.6. The second-order valence-electron chi connectivity index (χ2n) is 10.8. The zero-order chi connectivity index (χ0) is 28.3. The number of benzene rings is 2. The van der Waals surface area contributed by atoms with Crippen LogP contribution in [0.3, 0.4) is 0 Å². The van der Waals surface area contributed by atoms with Crippen LogP contribution in [0.4, 0.5) is 9.80 Å². The lowest BCUT2D eigenvalue weighted by molar-refractivity contribution is 0.140. The lowest BCUT2D eigenvalue weighted by Crippen LogP contribution is -2.30. The molecule has 7 heteroatoms. The highest BCUT2D eigenvalue weighted by Crippen LogP contribution is 2.27. The predicted octanol–water partition coefficient (Wildman–Crippen LogP) is 9.76. The average Bonchev–Trinajstić information content (AvgIpc) is 3.36. The molecule has 40 heavy (non-hydrogen) atoms. The number of hydrogen-bond donors (Lipinski definition) is 2. The summed E-state index contributed by atoms with van der Waals surface area (Å²) >= 11 is 1.31. The van der Waals surface area contributed by atoms with Crippen LogP contribution >= 0.6 is 11.5 Å². The van der Waals surface area contributed by atoms with Crippen LogP contribution in [0, 0.1) is 6.92 Å². The second kappa shape index (κ2) is 19.3. The molecular formula is C33H49N3O3S. The van der Waals surface area contributed by atoms with Crippen LogP contribution < -0.4 is 15.6 Å². The Hall–Kier alpha value is -2.80. The van der Waals surface area contributed by atoms with Gasteiger partial charge in [0.05, 0.1) is 18.7 Å². The monoisotopic (exact) mass is 567 g/mol. The van der Waals surface area contributed by atoms with Crippen LogP contribution in [0.15, 0.2) is 42.5 Å². The molecule has 0 aliphatic heterocycles. The van der Waals surface area contributed by atoms with Gasteiger partial charge in [0.25, 0.3) is 0 Å². The molecule has 1 heterocycles. The van der Waals surface area contributed by atoms with E-state index in [0.717, 1.165) is 33.6 Å². The van der Waals surface area contributed by atoms with E-state index in [0.29, 0.717) is 13.0 Å². The highest BCUT2D eigenvalue weighted by molar-refractivity contribution is 7.11. The number of rotatable bonds is 21. The van der Waals surface area contributed by atoms with E-state index >= 15 is 0 Å². The molecule has 0 saturated carbocycles. The number of anilines is 1. The fourth-order valence-corrected chi connectivity index (χ4v) is 5.55. The van der Waals surface area contributed by atoms with Crippen LogP contribution in [0.1, 0.15) is 108 Å². The largest absolute Gasteiger partial charge is 0.493 e. The van der Waals surface area contributed by atoms with Gasteiger partial charge in [0, 0.05) is 11.8 Å². The Morgan fingerprint density at radius 1 is 0.825 bits per heavy atom. The number of unbranched alkanes of at least 4 members (excludes halogenated alkanes) is 12. The minimum Gasteiger partial charge on any atom is -0.493 e. The molecule has 0 saturated heterocycles. The van der Waals surface area contributed by atoms with Gasteiger partial charge in [-0.1, -0.05) is 108 Å². The van der Waals surface area contributed by atoms with Gasteiger partial charge in [-0.05, 0) is 61.1 Å². The summed E-state index contributed by atoms with van der Waals surface area (Å²) in [6.45, 7) is 5.10. The van der Waals surface area contributed by atoms with Gasteiger partial charge in [-0.3, -0.25) is 5.43 Å². The molecule has 0 unspecified atom stereocenters. The van der Waals surface area contributed by atoms with Crippen molar-refractivity contribution in [3.63, 3.8) is 0 Å². The first-order valence-corrected chi connectivity index (χ1v) is 16.2. The van der Waals surface area contributed by atoms with Gasteiger partial charge < -0.3 is 9.47 Å². The smallest absolute Gasteiger partial charge is 0.425 e. The molecule has 0 aliphatic rings. The van der Waals surface area contributed by atoms with Crippen LogP contribution in [0.2, 0.25) is 0 Å². The number of ether oxygens (including phenoxy) is 2. The van der Waals surface area contributed by atoms with Crippen LogP contribution in [0.5, 0.6) is 5.75 Å². The number of nitrogens with zero attached hydrogens (tertiary/aromatic N) is 1. The lowest BCUT2D eigenvalue weighted by Gasteiger charge is -2.10. The van der Waals surface area contributed by atoms with Crippen molar-refractivity contribution in [2.24, 2.45) is 0 Å². The Kier molecular flexibility index (Phi) is 15.3. The number of fused-ring (bicyclic) bond motifs is 1. The summed E-state index contributed by atoms with van der Waals surface area (Å²) in [5, 5.41) is 1.77. The SMILES string of the molecule is CCCCCCCCCCCCCCCc1cccc(OCCCOC(=O)NNc2snc3ccc(C)cc23)c1. The van der Waals surface area contributed by atoms with Crippen molar-refractivity contribution in [3.8, 4) is 5.75 Å². The molecule has 0 atom stereocenters. The molecule has 3 rings (SSSR count). The lowest BCUT2D eigenvalue weighted by atomic mass is 10.0. The zero-order valence-corrected chi connectivity index (χ0v) is 25.5. The fourth-order valence-electron chi connectivity index (χ4n) is 4.84. The van der Waals surface area contributed by atoms with Gasteiger partial charge in [0.15, 0.2) is 0 Å². The van der Waals surface area contributed by atoms with Gasteiger partial charge in [-0.25, -0.2) is 10.2 Å². The normalized spacial score (nSPS) is 11.1. The molecule has 0 fully saturated rings. The van der Waals surface area contributed by atoms with Crippen molar-refractivity contribution < 1.29 is 14.3 Å². The van der Waals surface area contributed by atoms with E-state index in [1.54, 1.807) is 0 Å². The third kappa shape index (κ3) is 12.6. The Balaban J connectivity index is 1.17. The molecule has 0 aliphatic carbocycles. The van der Waals surface area contributed by atoms with E-state index in [2.05, 4.69) is 40.3 Å². The summed E-state index contributed by atoms with van der Waals surface area (Å²) in [4.78, 5) is 12.0. The number of amides is 1. The molecule has 6 nitrogen and oxygen atoms in total. The van der Waals surface area contributed by atoms with Crippen molar-refractivity contribution in [2.45, 2.75) is 110 Å². The maximum absolute atomic E-state index is 12.0. The third-order valence-electron chi connectivity index (χ3n) is 7.17. The topological polar surface area (TPSA) is 72.5 Å². The molecule has 0 radical (unpaired) electrons. The van der Waals surface area contributed by atoms with E-state index in [1.165, 1.54) is 101 Å². The first-order valence-electron chi connectivity index (χ1n) is 15.4. The number of nitrogens with one attached hydrogen (secondary N) is 2. The molecule has 0 spiro atoms. The summed E-state index contributed by atoms with van der Waals surface area (Å²) in [6, 6.07) is 14.4. The molecule has 2 aromatic carbocycles. The quantitative estimate of drug-likeness (QED) is 0.0990. The van der Waals surface area contributed by atoms with E-state index in [-0.39, 0.29) is 6.61 Å². The maximum atomic E-state index is 12.0. The van der Waals surface area contributed by atoms with Crippen molar-refractivity contribution in [2.75, 3.05) is 18.6 Å². The summed E-state index contributed by atoms with van der Waals surface area (Å²) in [6.07, 6.45) is 19.1. The maximum Gasteiger partial charge on any atom is 0.425 e. The number of hydrazine groups is 1. The highest BCUT2D eigenvalue weighted by atomic mass is 32.1. The highest BCUT2D eigenvalue weighted by Gasteiger charge is 2.08. The molecule has 1 aromatic heterocycles. The number of aromatic nitrogens is 1. The summed E-state index contributed by atoms with van der Waals surface area (Å²) < 4.78 is 15.5. The molecule has 220 valence electrons. The molecule has 2 N–H and O–H groups in total. The Bertz CT molecular complexity index is 1120. The number of hydrogen-bond acceptors (Lipinski definition) is 6. The third-order valence-corrected chi connectivity index (χ3v) is 7.96. The van der Waals surface area contributed by atoms with Crippen molar-refractivity contribution in [1.82, 2.24) is 9.80 Å². The molecule has 1 amide bonds. The fraction of sp³-hybridized carbons (Fsp3) is 0.576. The Morgan fingerprint density at radius 3 is 2.25 bits per heavy atom. The van der Waals surface area contributed by atoms with Crippen LogP contribution in [-0.2, 0) is 11.2 Å². The second-order valence-corrected chi connectivity index (χ2v) is 11.5. The standard InChI is InChI=1S/C33H49N3O3S/c1-3-4-5-6-7-8-9-10-11-12-13-14-15-18-28-19-16-20-29(26-28)38-23-17-24-39-33(37)35-34-32-30-25-27(2)21-22-31(30)36-40-32/h16,19-22,25-26,34H,3-15,17-18,23-24H2,1-2H3,(H,35,37). The Morgan fingerprint density at radius 2 is 1.52 bits per heavy atom. The first-order chi connectivity index (χ1) is 19.7. The summed E-state index contributed by atoms with van der Waals surface area (Å²) in [5.41, 5.74) is 8.87. The molecule has 3 aromatic rings. The molecule has 0 bridgehead atoms. The van der Waals surface area contributed by atoms with Crippen molar-refractivity contribution in [3.05, 3.63) is 53.6 Å². The summed E-state index contributed by atoms with van der Waals surface area (Å²) in [7, 11) is 0. The van der Waals surface area contributed by atoms with Gasteiger partial charge in [0.1, 0.15) is 10.8 Å². The minimum absolute atomic E-state index is 0.286. The Labute approximate surface area is 245 Å². The summed E-state index contributed by atoms with van der Waals surface area (Å²) in [5.74, 6) is 0.880. The first kappa shape index (κ1) is 31.7. The van der Waals surface area contributed by atoms with Gasteiger partial charge in [-0.15, -0.1) is 0 Å². The number of carbonyl (C=O) groups is 1. The van der Waals surface area contributed by atoms with Crippen LogP contribution in [-0.4, -0.2) is 23.7 Å². The van der Waals surface area contributed by atoms with E-state index in [9.17, 15) is 4.79 Å². The number of aryl methyl sites for hydroxylation is 2. The van der Waals surface area contributed by atoms with E-state index in [1.807, 2.05) is 31.2 Å². The van der Waals surface area contributed by atoms with E-state index < -0.39 is 6.09 Å². The van der Waals surface area contributed by atoms with Gasteiger partial charge in [-0.2, -0.15) is 4.37 Å². The molecular weight excluding hydrogens is 518 g/mol. The average molecular weight is 568 g/mol. The van der Waals surface area contributed by atoms with Gasteiger partial charge in [0.2, 0.25) is 0 Å².